The molecule has 1 atom stereocenters. The first-order valence-electron chi connectivity index (χ1n) is 4.11. The van der Waals surface area contributed by atoms with Crippen molar-refractivity contribution in [2.75, 3.05) is 5.88 Å². The maximum Gasteiger partial charge on any atom is 0.0760 e. The normalized spacial score (nSPS) is 14.2. The molecule has 0 aromatic heterocycles. The van der Waals surface area contributed by atoms with Gasteiger partial charge in [-0.1, -0.05) is 23.3 Å². The van der Waals surface area contributed by atoms with Crippen molar-refractivity contribution in [2.45, 2.75) is 33.3 Å². The van der Waals surface area contributed by atoms with Gasteiger partial charge in [0.05, 0.1) is 6.10 Å². The highest BCUT2D eigenvalue weighted by molar-refractivity contribution is 6.18. The third-order valence-electron chi connectivity index (χ3n) is 1.48. The summed E-state index contributed by atoms with van der Waals surface area (Å²) in [6.45, 7) is 5.93. The minimum absolute atomic E-state index is 0.366. The van der Waals surface area contributed by atoms with Gasteiger partial charge in [0.1, 0.15) is 0 Å². The molecule has 2 heteroatoms. The predicted molar refractivity (Wildman–Crippen MR) is 54.5 cm³/mol. The molecule has 0 heterocycles. The van der Waals surface area contributed by atoms with E-state index in [-0.39, 0.29) is 6.10 Å². The van der Waals surface area contributed by atoms with E-state index in [0.29, 0.717) is 12.3 Å². The minimum Gasteiger partial charge on any atom is -0.389 e. The van der Waals surface area contributed by atoms with Crippen molar-refractivity contribution < 1.29 is 5.11 Å². The van der Waals surface area contributed by atoms with Gasteiger partial charge >= 0.3 is 0 Å². The molecule has 0 aliphatic rings. The SMILES string of the molecule is CC(C)=CC(O)C/C(C)=C/CCl. The molecular weight excluding hydrogens is 172 g/mol. The Kier molecular flexibility index (Phi) is 6.13. The molecule has 70 valence electrons. The summed E-state index contributed by atoms with van der Waals surface area (Å²) in [6.07, 6.45) is 4.09. The van der Waals surface area contributed by atoms with Crippen molar-refractivity contribution in [1.29, 1.82) is 0 Å². The van der Waals surface area contributed by atoms with Crippen LogP contribution in [0.15, 0.2) is 23.3 Å². The quantitative estimate of drug-likeness (QED) is 0.532. The van der Waals surface area contributed by atoms with E-state index < -0.39 is 0 Å². The molecule has 0 saturated heterocycles. The first-order valence-corrected chi connectivity index (χ1v) is 4.64. The highest BCUT2D eigenvalue weighted by Gasteiger charge is 1.99. The number of aliphatic hydroxyl groups excluding tert-OH is 1. The fourth-order valence-electron chi connectivity index (χ4n) is 0.989. The summed E-state index contributed by atoms with van der Waals surface area (Å²) in [5.41, 5.74) is 2.27. The molecular formula is C10H17ClO. The Morgan fingerprint density at radius 1 is 1.42 bits per heavy atom. The Hall–Kier alpha value is -0.270. The van der Waals surface area contributed by atoms with Gasteiger partial charge in [-0.05, 0) is 27.2 Å². The Morgan fingerprint density at radius 2 is 2.00 bits per heavy atom. The van der Waals surface area contributed by atoms with Crippen LogP contribution in [0.25, 0.3) is 0 Å². The number of hydrogen-bond acceptors (Lipinski definition) is 1. The fraction of sp³-hybridized carbons (Fsp3) is 0.600. The van der Waals surface area contributed by atoms with Gasteiger partial charge in [0.25, 0.3) is 0 Å². The predicted octanol–water partition coefficient (Wildman–Crippen LogP) is 2.89. The molecule has 0 aromatic carbocycles. The van der Waals surface area contributed by atoms with Gasteiger partial charge in [0, 0.05) is 5.88 Å². The molecule has 0 amide bonds. The fourth-order valence-corrected chi connectivity index (χ4v) is 1.25. The van der Waals surface area contributed by atoms with Gasteiger partial charge in [-0.25, -0.2) is 0 Å². The van der Waals surface area contributed by atoms with Crippen molar-refractivity contribution in [3.05, 3.63) is 23.3 Å². The summed E-state index contributed by atoms with van der Waals surface area (Å²) in [5, 5.41) is 9.46. The Balaban J connectivity index is 3.92. The zero-order valence-electron chi connectivity index (χ0n) is 7.97. The highest BCUT2D eigenvalue weighted by Crippen LogP contribution is 2.07. The van der Waals surface area contributed by atoms with Crippen molar-refractivity contribution in [1.82, 2.24) is 0 Å². The van der Waals surface area contributed by atoms with Gasteiger partial charge in [-0.15, -0.1) is 11.6 Å². The van der Waals surface area contributed by atoms with Crippen LogP contribution in [-0.4, -0.2) is 17.1 Å². The van der Waals surface area contributed by atoms with Crippen LogP contribution in [0.2, 0.25) is 0 Å². The first kappa shape index (κ1) is 11.7. The average molecular weight is 189 g/mol. The lowest BCUT2D eigenvalue weighted by Crippen LogP contribution is -2.03. The largest absolute Gasteiger partial charge is 0.389 e. The van der Waals surface area contributed by atoms with E-state index in [9.17, 15) is 5.11 Å². The number of aliphatic hydroxyl groups is 1. The molecule has 0 rings (SSSR count). The van der Waals surface area contributed by atoms with Crippen molar-refractivity contribution in [2.24, 2.45) is 0 Å². The Bertz CT molecular complexity index is 178. The van der Waals surface area contributed by atoms with Crippen LogP contribution in [0.3, 0.4) is 0 Å². The summed E-state index contributed by atoms with van der Waals surface area (Å²) >= 11 is 5.51. The zero-order valence-corrected chi connectivity index (χ0v) is 8.73. The second kappa shape index (κ2) is 6.27. The number of rotatable bonds is 4. The van der Waals surface area contributed by atoms with E-state index in [1.54, 1.807) is 0 Å². The van der Waals surface area contributed by atoms with E-state index in [0.717, 1.165) is 11.1 Å². The molecule has 1 nitrogen and oxygen atoms in total. The molecule has 0 spiro atoms. The van der Waals surface area contributed by atoms with E-state index in [1.807, 2.05) is 32.9 Å². The van der Waals surface area contributed by atoms with Gasteiger partial charge < -0.3 is 5.11 Å². The molecule has 0 saturated carbocycles. The molecule has 0 fully saturated rings. The number of hydrogen-bond donors (Lipinski definition) is 1. The van der Waals surface area contributed by atoms with E-state index in [2.05, 4.69) is 0 Å². The standard InChI is InChI=1S/C10H17ClO/c1-8(2)6-10(12)7-9(3)4-5-11/h4,6,10,12H,5,7H2,1-3H3/b9-4+. The summed E-state index contributed by atoms with van der Waals surface area (Å²) in [5.74, 6) is 0.521. The molecule has 0 aliphatic heterocycles. The Morgan fingerprint density at radius 3 is 2.42 bits per heavy atom. The lowest BCUT2D eigenvalue weighted by Gasteiger charge is -2.06. The van der Waals surface area contributed by atoms with E-state index in [4.69, 9.17) is 11.6 Å². The van der Waals surface area contributed by atoms with Crippen LogP contribution >= 0.6 is 11.6 Å². The molecule has 0 bridgehead atoms. The van der Waals surface area contributed by atoms with Gasteiger partial charge in [0.2, 0.25) is 0 Å². The molecule has 0 aromatic rings. The van der Waals surface area contributed by atoms with Crippen LogP contribution in [0.4, 0.5) is 0 Å². The minimum atomic E-state index is -0.366. The maximum atomic E-state index is 9.46. The van der Waals surface area contributed by atoms with Crippen LogP contribution < -0.4 is 0 Å². The van der Waals surface area contributed by atoms with Gasteiger partial charge in [0.15, 0.2) is 0 Å². The molecule has 0 aliphatic carbocycles. The van der Waals surface area contributed by atoms with E-state index in [1.165, 1.54) is 0 Å². The van der Waals surface area contributed by atoms with Gasteiger partial charge in [-0.2, -0.15) is 0 Å². The maximum absolute atomic E-state index is 9.46. The average Bonchev–Trinajstić information content (AvgIpc) is 1.84. The number of halogens is 1. The van der Waals surface area contributed by atoms with Crippen molar-refractivity contribution in [3.63, 3.8) is 0 Å². The number of alkyl halides is 1. The third kappa shape index (κ3) is 6.44. The molecule has 1 unspecified atom stereocenters. The van der Waals surface area contributed by atoms with E-state index >= 15 is 0 Å². The highest BCUT2D eigenvalue weighted by atomic mass is 35.5. The molecule has 0 radical (unpaired) electrons. The van der Waals surface area contributed by atoms with Crippen LogP contribution in [-0.2, 0) is 0 Å². The van der Waals surface area contributed by atoms with Crippen molar-refractivity contribution in [3.8, 4) is 0 Å². The second-order valence-corrected chi connectivity index (χ2v) is 3.53. The topological polar surface area (TPSA) is 20.2 Å². The lowest BCUT2D eigenvalue weighted by atomic mass is 10.1. The monoisotopic (exact) mass is 188 g/mol. The second-order valence-electron chi connectivity index (χ2n) is 3.22. The third-order valence-corrected chi connectivity index (χ3v) is 1.64. The van der Waals surface area contributed by atoms with Crippen molar-refractivity contribution >= 4 is 11.6 Å². The summed E-state index contributed by atoms with van der Waals surface area (Å²) in [4.78, 5) is 0. The summed E-state index contributed by atoms with van der Waals surface area (Å²) < 4.78 is 0. The smallest absolute Gasteiger partial charge is 0.0760 e. The van der Waals surface area contributed by atoms with Crippen LogP contribution in [0, 0.1) is 0 Å². The van der Waals surface area contributed by atoms with Crippen LogP contribution in [0.5, 0.6) is 0 Å². The van der Waals surface area contributed by atoms with Gasteiger partial charge in [-0.3, -0.25) is 0 Å². The molecule has 12 heavy (non-hydrogen) atoms. The summed E-state index contributed by atoms with van der Waals surface area (Å²) in [7, 11) is 0. The first-order chi connectivity index (χ1) is 5.56. The number of allylic oxidation sites excluding steroid dienone is 2. The van der Waals surface area contributed by atoms with Crippen LogP contribution in [0.1, 0.15) is 27.2 Å². The lowest BCUT2D eigenvalue weighted by molar-refractivity contribution is 0.222. The Labute approximate surface area is 79.7 Å². The zero-order chi connectivity index (χ0) is 9.56. The molecule has 1 N–H and O–H groups in total. The summed E-state index contributed by atoms with van der Waals surface area (Å²) in [6, 6.07) is 0.